The third-order valence-electron chi connectivity index (χ3n) is 4.78. The number of nitrogens with zero attached hydrogens (tertiary/aromatic N) is 4. The fourth-order valence-electron chi connectivity index (χ4n) is 3.50. The van der Waals surface area contributed by atoms with Gasteiger partial charge >= 0.3 is 23.6 Å². The van der Waals surface area contributed by atoms with Crippen molar-refractivity contribution in [3.8, 4) is 0 Å². The van der Waals surface area contributed by atoms with Gasteiger partial charge in [0.2, 0.25) is 0 Å². The second-order valence-electron chi connectivity index (χ2n) is 7.05. The molecular weight excluding hydrogens is 416 g/mol. The Balaban J connectivity index is 2.14. The molecule has 0 radical (unpaired) electrons. The average molecular weight is 438 g/mol. The third-order valence-corrected chi connectivity index (χ3v) is 4.78. The minimum absolute atomic E-state index is 0.0118. The smallest absolute Gasteiger partial charge is 0.332 e. The van der Waals surface area contributed by atoms with Gasteiger partial charge in [0, 0.05) is 34.9 Å². The first-order chi connectivity index (χ1) is 14.5. The maximum Gasteiger partial charge on any atom is 0.332 e. The number of imidazole rings is 1. The molecule has 3 heterocycles. The van der Waals surface area contributed by atoms with E-state index in [0.717, 1.165) is 4.57 Å². The maximum absolute atomic E-state index is 12.5. The van der Waals surface area contributed by atoms with E-state index < -0.39 is 53.7 Å². The van der Waals surface area contributed by atoms with Gasteiger partial charge in [0.05, 0.1) is 6.33 Å². The highest BCUT2D eigenvalue weighted by atomic mass is 16.7. The van der Waals surface area contributed by atoms with Gasteiger partial charge in [0.1, 0.15) is 12.7 Å². The largest absolute Gasteiger partial charge is 0.463 e. The number of rotatable bonds is 5. The Morgan fingerprint density at radius 1 is 1.00 bits per heavy atom. The number of hydrogen-bond acceptors (Lipinski definition) is 10. The van der Waals surface area contributed by atoms with E-state index >= 15 is 0 Å². The van der Waals surface area contributed by atoms with E-state index in [9.17, 15) is 24.0 Å². The summed E-state index contributed by atoms with van der Waals surface area (Å²) in [6.45, 7) is 3.25. The van der Waals surface area contributed by atoms with Crippen LogP contribution in [0.25, 0.3) is 11.2 Å². The van der Waals surface area contributed by atoms with Crippen LogP contribution in [0.3, 0.4) is 0 Å². The van der Waals surface area contributed by atoms with Crippen LogP contribution >= 0.6 is 0 Å². The van der Waals surface area contributed by atoms with E-state index in [-0.39, 0.29) is 17.8 Å². The van der Waals surface area contributed by atoms with E-state index in [4.69, 9.17) is 18.9 Å². The first kappa shape index (κ1) is 22.2. The quantitative estimate of drug-likeness (QED) is 0.409. The molecule has 2 aromatic heterocycles. The van der Waals surface area contributed by atoms with Gasteiger partial charge in [-0.25, -0.2) is 9.78 Å². The van der Waals surface area contributed by atoms with Crippen LogP contribution in [0, 0.1) is 0 Å². The molecule has 1 aliphatic heterocycles. The van der Waals surface area contributed by atoms with Crippen LogP contribution < -0.4 is 11.2 Å². The van der Waals surface area contributed by atoms with Crippen molar-refractivity contribution in [2.75, 3.05) is 6.61 Å². The standard InChI is InChI=1S/C18H22N4O9/c1-8(23)28-6-11-13(29-9(2)24)14(30-10(3)25)17(31-11)22-7-19-12-15(22)20(4)18(27)21(5)16(12)26/h7,11,13-14,17H,6H2,1-5H3/t11-,13-,14-,17-/m1/s1. The maximum atomic E-state index is 12.5. The number of esters is 3. The summed E-state index contributed by atoms with van der Waals surface area (Å²) >= 11 is 0. The lowest BCUT2D eigenvalue weighted by Crippen LogP contribution is -2.41. The minimum Gasteiger partial charge on any atom is -0.463 e. The van der Waals surface area contributed by atoms with Crippen molar-refractivity contribution in [2.24, 2.45) is 14.1 Å². The van der Waals surface area contributed by atoms with Crippen LogP contribution in [0.2, 0.25) is 0 Å². The first-order valence-corrected chi connectivity index (χ1v) is 9.28. The number of hydrogen-bond donors (Lipinski definition) is 0. The molecular formula is C18H22N4O9. The highest BCUT2D eigenvalue weighted by Gasteiger charge is 2.51. The van der Waals surface area contributed by atoms with E-state index in [1.165, 1.54) is 50.3 Å². The van der Waals surface area contributed by atoms with Crippen LogP contribution in [0.5, 0.6) is 0 Å². The van der Waals surface area contributed by atoms with Gasteiger partial charge in [-0.2, -0.15) is 0 Å². The molecule has 4 atom stereocenters. The lowest BCUT2D eigenvalue weighted by atomic mass is 10.1. The van der Waals surface area contributed by atoms with E-state index in [1.807, 2.05) is 0 Å². The monoisotopic (exact) mass is 438 g/mol. The van der Waals surface area contributed by atoms with Crippen molar-refractivity contribution >= 4 is 29.1 Å². The lowest BCUT2D eigenvalue weighted by molar-refractivity contribution is -0.166. The molecule has 0 aromatic carbocycles. The molecule has 13 heteroatoms. The van der Waals surface area contributed by atoms with Gasteiger partial charge in [-0.05, 0) is 0 Å². The minimum atomic E-state index is -1.17. The molecule has 0 N–H and O–H groups in total. The average Bonchev–Trinajstić information content (AvgIpc) is 3.25. The molecule has 1 fully saturated rings. The Hall–Kier alpha value is -3.48. The summed E-state index contributed by atoms with van der Waals surface area (Å²) < 4.78 is 25.0. The van der Waals surface area contributed by atoms with Gasteiger partial charge in [0.15, 0.2) is 29.6 Å². The van der Waals surface area contributed by atoms with Crippen molar-refractivity contribution in [1.29, 1.82) is 0 Å². The molecule has 0 saturated carbocycles. The van der Waals surface area contributed by atoms with Crippen LogP contribution in [-0.4, -0.2) is 61.5 Å². The topological polar surface area (TPSA) is 150 Å². The second-order valence-corrected chi connectivity index (χ2v) is 7.05. The molecule has 0 unspecified atom stereocenters. The molecule has 1 saturated heterocycles. The summed E-state index contributed by atoms with van der Waals surface area (Å²) in [7, 11) is 2.76. The predicted molar refractivity (Wildman–Crippen MR) is 102 cm³/mol. The number of ether oxygens (including phenoxy) is 4. The van der Waals surface area contributed by atoms with Gasteiger partial charge < -0.3 is 18.9 Å². The number of fused-ring (bicyclic) bond motifs is 1. The Morgan fingerprint density at radius 2 is 1.61 bits per heavy atom. The number of aryl methyl sites for hydroxylation is 1. The normalized spacial score (nSPS) is 23.0. The van der Waals surface area contributed by atoms with Crippen molar-refractivity contribution < 1.29 is 33.3 Å². The zero-order valence-corrected chi connectivity index (χ0v) is 17.6. The fraction of sp³-hybridized carbons (Fsp3) is 0.556. The van der Waals surface area contributed by atoms with Gasteiger partial charge in [-0.1, -0.05) is 0 Å². The Labute approximate surface area is 175 Å². The molecule has 13 nitrogen and oxygen atoms in total. The van der Waals surface area contributed by atoms with Crippen molar-refractivity contribution in [3.63, 3.8) is 0 Å². The highest BCUT2D eigenvalue weighted by Crippen LogP contribution is 2.35. The number of carbonyl (C=O) groups is 3. The summed E-state index contributed by atoms with van der Waals surface area (Å²) in [5, 5.41) is 0. The molecule has 31 heavy (non-hydrogen) atoms. The third kappa shape index (κ3) is 4.08. The lowest BCUT2D eigenvalue weighted by Gasteiger charge is -2.24. The van der Waals surface area contributed by atoms with Crippen molar-refractivity contribution in [2.45, 2.75) is 45.3 Å². The number of carbonyl (C=O) groups excluding carboxylic acids is 3. The van der Waals surface area contributed by atoms with E-state index in [2.05, 4.69) is 4.98 Å². The van der Waals surface area contributed by atoms with Crippen molar-refractivity contribution in [3.05, 3.63) is 27.2 Å². The highest BCUT2D eigenvalue weighted by molar-refractivity contribution is 5.70. The molecule has 2 aromatic rings. The summed E-state index contributed by atoms with van der Waals surface area (Å²) in [5.41, 5.74) is -1.12. The molecule has 0 spiro atoms. The summed E-state index contributed by atoms with van der Waals surface area (Å²) in [4.78, 5) is 63.6. The molecule has 1 aliphatic rings. The Morgan fingerprint density at radius 3 is 2.19 bits per heavy atom. The van der Waals surface area contributed by atoms with Gasteiger partial charge in [-0.3, -0.25) is 32.9 Å². The molecule has 0 amide bonds. The zero-order chi connectivity index (χ0) is 23.0. The first-order valence-electron chi connectivity index (χ1n) is 9.28. The van der Waals surface area contributed by atoms with Crippen LogP contribution in [0.15, 0.2) is 15.9 Å². The summed E-state index contributed by atoms with van der Waals surface area (Å²) in [6, 6.07) is 0. The predicted octanol–water partition coefficient (Wildman–Crippen LogP) is -1.24. The van der Waals surface area contributed by atoms with E-state index in [0.29, 0.717) is 0 Å². The Kier molecular flexibility index (Phi) is 5.97. The van der Waals surface area contributed by atoms with E-state index in [1.54, 1.807) is 0 Å². The fourth-order valence-corrected chi connectivity index (χ4v) is 3.50. The molecule has 0 bridgehead atoms. The summed E-state index contributed by atoms with van der Waals surface area (Å²) in [6.07, 6.45) is -3.14. The SMILES string of the molecule is CC(=O)OC[C@H]1O[C@@H](n2cnc3c(=O)n(C)c(=O)n(C)c32)[C@H](OC(C)=O)[C@@H]1OC(C)=O. The zero-order valence-electron chi connectivity index (χ0n) is 17.6. The van der Waals surface area contributed by atoms with Gasteiger partial charge in [0.25, 0.3) is 5.56 Å². The second kappa shape index (κ2) is 8.34. The van der Waals surface area contributed by atoms with Crippen LogP contribution in [-0.2, 0) is 47.4 Å². The molecule has 0 aliphatic carbocycles. The number of aromatic nitrogens is 4. The molecule has 168 valence electrons. The van der Waals surface area contributed by atoms with Crippen LogP contribution in [0.1, 0.15) is 27.0 Å². The Bertz CT molecular complexity index is 1160. The van der Waals surface area contributed by atoms with Crippen LogP contribution in [0.4, 0.5) is 0 Å². The van der Waals surface area contributed by atoms with Gasteiger partial charge in [-0.15, -0.1) is 0 Å². The molecule has 3 rings (SSSR count). The summed E-state index contributed by atoms with van der Waals surface area (Å²) in [5.74, 6) is -1.94. The van der Waals surface area contributed by atoms with Crippen molar-refractivity contribution in [1.82, 2.24) is 18.7 Å².